The molecule has 1 aromatic heterocycles. The summed E-state index contributed by atoms with van der Waals surface area (Å²) in [5.74, 6) is 3.04. The molecule has 129 heavy (non-hydrogen) atoms. The van der Waals surface area contributed by atoms with Crippen molar-refractivity contribution in [2.45, 2.75) is 259 Å². The summed E-state index contributed by atoms with van der Waals surface area (Å²) in [5.41, 5.74) is 10.8. The number of piperidine rings is 4. The number of benzene rings is 7. The van der Waals surface area contributed by atoms with Crippen LogP contribution in [0.2, 0.25) is 40.2 Å². The predicted molar refractivity (Wildman–Crippen MR) is 543 cm³/mol. The number of likely N-dealkylation sites (tertiary alicyclic amines) is 6. The van der Waals surface area contributed by atoms with E-state index in [1.807, 2.05) is 90.1 Å². The zero-order chi connectivity index (χ0) is 94.8. The van der Waals surface area contributed by atoms with Crippen molar-refractivity contribution in [1.82, 2.24) is 34.4 Å². The molecular formula is C108H148Cl8F4N8O. The van der Waals surface area contributed by atoms with Crippen molar-refractivity contribution in [3.8, 4) is 5.88 Å². The van der Waals surface area contributed by atoms with Crippen molar-refractivity contribution < 1.29 is 22.3 Å². The number of anilines is 1. The largest absolute Gasteiger partial charge is 0.474 e. The van der Waals surface area contributed by atoms with Crippen LogP contribution in [0.1, 0.15) is 252 Å². The summed E-state index contributed by atoms with van der Waals surface area (Å²) in [6.07, 6.45) is 9.17. The second kappa shape index (κ2) is 48.2. The minimum Gasteiger partial charge on any atom is -0.474 e. The Morgan fingerprint density at radius 3 is 1.19 bits per heavy atom. The van der Waals surface area contributed by atoms with Crippen molar-refractivity contribution in [3.63, 3.8) is 0 Å². The standard InChI is InChI=1S/2C20H23Cl2N.C19H31FN2.C17H26ClFN2O.C16H22Cl2FN.C16H23ClFN/c2*1-14(2)20(3)12-23(13-20)19(15-7-5-4-6-8-15)16-9-17(21)11-18(22)10-16;1-14(2)21-18-7-6-17(20)12-15(18)13-22-10-8-16(9-11-22)19(3,4)5;1-12(2)17(19)5-7-21(8-6-17)11-14-9-15(18)16(20-10-14)22-13(3)4;1-16(2,3)12-4-6-20(7-5-12)10-11-8-15(19)14(18)9-13(11)17;1-12(2)16(18)6-8-19(9-7-16)11-14-10-13(3)4-5-15(14)17/h2*4-11,14,19H,12-13H2,1-3H3;6-7,12,14,16,21H,8-11,13H2,1-5H3;9-10,12-13H,5-8,11H2,1-4H3;8-9,12H,4-7,10H2,1-3H3;4-5,10,12H,6-9,11H2,1-3H3/t2*19-;;;;/m10..../s1. The van der Waals surface area contributed by atoms with E-state index in [-0.39, 0.29) is 40.9 Å². The van der Waals surface area contributed by atoms with Gasteiger partial charge in [-0.15, -0.1) is 0 Å². The number of hydrogen-bond acceptors (Lipinski definition) is 9. The minimum atomic E-state index is -1.01. The lowest BCUT2D eigenvalue weighted by Gasteiger charge is -2.54. The molecule has 0 spiro atoms. The van der Waals surface area contributed by atoms with Gasteiger partial charge >= 0.3 is 0 Å². The molecule has 0 unspecified atom stereocenters. The fraction of sp³-hybridized carbons (Fsp3) is 0.565. The summed E-state index contributed by atoms with van der Waals surface area (Å²) < 4.78 is 61.7. The van der Waals surface area contributed by atoms with E-state index in [1.54, 1.807) is 30.5 Å². The first kappa shape index (κ1) is 108. The number of pyridine rings is 1. The average molecular weight is 1930 g/mol. The zero-order valence-electron chi connectivity index (χ0n) is 80.8. The van der Waals surface area contributed by atoms with Crippen LogP contribution >= 0.6 is 92.8 Å². The predicted octanol–water partition coefficient (Wildman–Crippen LogP) is 31.5. The second-order valence-electron chi connectivity index (χ2n) is 42.1. The maximum Gasteiger partial charge on any atom is 0.232 e. The van der Waals surface area contributed by atoms with Crippen LogP contribution in [0.4, 0.5) is 23.2 Å². The van der Waals surface area contributed by atoms with Gasteiger partial charge in [-0.25, -0.2) is 22.5 Å². The van der Waals surface area contributed by atoms with E-state index >= 15 is 0 Å². The van der Waals surface area contributed by atoms with Crippen LogP contribution in [-0.2, 0) is 26.2 Å². The van der Waals surface area contributed by atoms with E-state index in [1.165, 1.54) is 65.6 Å². The van der Waals surface area contributed by atoms with E-state index in [9.17, 15) is 17.6 Å². The van der Waals surface area contributed by atoms with Crippen molar-refractivity contribution in [1.29, 1.82) is 0 Å². The lowest BCUT2D eigenvalue weighted by molar-refractivity contribution is -0.0404. The molecule has 6 aliphatic rings. The molecule has 0 bridgehead atoms. The quantitative estimate of drug-likeness (QED) is 0.0528. The summed E-state index contributed by atoms with van der Waals surface area (Å²) in [4.78, 5) is 18.7. The lowest BCUT2D eigenvalue weighted by atomic mass is 9.71. The SMILES string of the molecule is CC(C)(C)C1CCN(Cc2cc(F)c(Cl)cc2Cl)CC1.CC(C)C1(C)CN([C@@H](c2ccccc2)c2cc(Cl)cc(Cl)c2)C1.CC(C)C1(C)CN([C@H](c2ccccc2)c2cc(Cl)cc(Cl)c2)C1.CC(C)Nc1ccc(F)cc1CN1CCC(C(C)(C)C)CC1.CC(C)Oc1ncc(CN2CCC(F)(C(C)C)CC2)cc1Cl.Cc1ccc(Cl)c(CN2CCC(F)(C(C)C)CC2)c1. The highest BCUT2D eigenvalue weighted by atomic mass is 35.5. The first-order valence-electron chi connectivity index (χ1n) is 47.0. The Balaban J connectivity index is 0.000000175. The molecule has 2 atom stereocenters. The number of aryl methyl sites for hydroxylation is 1. The fourth-order valence-electron chi connectivity index (χ4n) is 18.6. The number of aromatic nitrogens is 1. The Hall–Kier alpha value is -4.91. The topological polar surface area (TPSA) is 53.6 Å². The number of hydrogen-bond donors (Lipinski definition) is 1. The maximum absolute atomic E-state index is 14.6. The fourth-order valence-corrected chi connectivity index (χ4v) is 20.5. The molecule has 0 aliphatic carbocycles. The van der Waals surface area contributed by atoms with Crippen molar-refractivity contribution in [2.75, 3.05) is 83.9 Å². The van der Waals surface area contributed by atoms with E-state index in [0.717, 1.165) is 143 Å². The van der Waals surface area contributed by atoms with Gasteiger partial charge < -0.3 is 10.1 Å². The summed E-state index contributed by atoms with van der Waals surface area (Å²) in [6.45, 7) is 61.0. The zero-order valence-corrected chi connectivity index (χ0v) is 86.9. The molecule has 9 nitrogen and oxygen atoms in total. The molecule has 0 amide bonds. The molecule has 0 saturated carbocycles. The third-order valence-corrected chi connectivity index (χ3v) is 30.2. The number of rotatable bonds is 22. The third kappa shape index (κ3) is 31.8. The number of ether oxygens (including phenoxy) is 1. The number of nitrogens with zero attached hydrogens (tertiary/aromatic N) is 7. The third-order valence-electron chi connectivity index (χ3n) is 28.1. The van der Waals surface area contributed by atoms with Gasteiger partial charge in [-0.2, -0.15) is 0 Å². The van der Waals surface area contributed by atoms with Crippen LogP contribution in [0.5, 0.6) is 5.88 Å². The molecule has 21 heteroatoms. The Morgan fingerprint density at radius 2 is 0.814 bits per heavy atom. The van der Waals surface area contributed by atoms with Gasteiger partial charge in [0.1, 0.15) is 28.0 Å². The smallest absolute Gasteiger partial charge is 0.232 e. The molecule has 1 N–H and O–H groups in total. The van der Waals surface area contributed by atoms with Gasteiger partial charge in [-0.1, -0.05) is 282 Å². The van der Waals surface area contributed by atoms with Gasteiger partial charge in [0.05, 0.1) is 23.2 Å². The Labute approximate surface area is 814 Å². The Kier molecular flexibility index (Phi) is 40.3. The van der Waals surface area contributed by atoms with E-state index in [2.05, 4.69) is 210 Å². The summed E-state index contributed by atoms with van der Waals surface area (Å²) in [6, 6.07) is 49.8. The van der Waals surface area contributed by atoms with Crippen molar-refractivity contribution in [2.24, 2.45) is 57.2 Å². The van der Waals surface area contributed by atoms with Gasteiger partial charge in [-0.3, -0.25) is 29.4 Å². The van der Waals surface area contributed by atoms with E-state index in [4.69, 9.17) is 97.5 Å². The normalized spacial score (nSPS) is 18.8. The Bertz CT molecular complexity index is 4630. The highest BCUT2D eigenvalue weighted by Gasteiger charge is 2.47. The van der Waals surface area contributed by atoms with Crippen LogP contribution in [0.15, 0.2) is 158 Å². The highest BCUT2D eigenvalue weighted by molar-refractivity contribution is 6.36. The van der Waals surface area contributed by atoms with Gasteiger partial charge in [-0.05, 0) is 293 Å². The second-order valence-corrected chi connectivity index (χ2v) is 45.4. The van der Waals surface area contributed by atoms with Gasteiger partial charge in [0.15, 0.2) is 0 Å². The monoisotopic (exact) mass is 1930 g/mol. The molecule has 710 valence electrons. The molecule has 7 aromatic carbocycles. The van der Waals surface area contributed by atoms with Gasteiger partial charge in [0.25, 0.3) is 0 Å². The summed E-state index contributed by atoms with van der Waals surface area (Å²) >= 11 is 49.3. The van der Waals surface area contributed by atoms with Gasteiger partial charge in [0.2, 0.25) is 5.88 Å². The van der Waals surface area contributed by atoms with E-state index in [0.29, 0.717) is 108 Å². The molecule has 0 radical (unpaired) electrons. The van der Waals surface area contributed by atoms with Crippen LogP contribution in [-0.4, -0.2) is 136 Å². The molecule has 6 aliphatic heterocycles. The number of nitrogens with one attached hydrogen (secondary N) is 1. The molecular weight excluding hydrogens is 1780 g/mol. The molecule has 7 heterocycles. The van der Waals surface area contributed by atoms with E-state index < -0.39 is 17.2 Å². The molecule has 6 fully saturated rings. The molecule has 14 rings (SSSR count). The lowest BCUT2D eigenvalue weighted by Crippen LogP contribution is -2.58. The summed E-state index contributed by atoms with van der Waals surface area (Å²) in [7, 11) is 0. The average Bonchev–Trinajstić information content (AvgIpc) is 0.757. The molecule has 6 saturated heterocycles. The van der Waals surface area contributed by atoms with Crippen molar-refractivity contribution >= 4 is 98.5 Å². The maximum atomic E-state index is 14.6. The van der Waals surface area contributed by atoms with Crippen LogP contribution < -0.4 is 10.1 Å². The van der Waals surface area contributed by atoms with Crippen molar-refractivity contribution in [3.05, 3.63) is 260 Å². The highest BCUT2D eigenvalue weighted by Crippen LogP contribution is 2.48. The first-order valence-corrected chi connectivity index (χ1v) is 50.1. The van der Waals surface area contributed by atoms with Gasteiger partial charge in [0, 0.05) is 127 Å². The van der Waals surface area contributed by atoms with Crippen LogP contribution in [0.25, 0.3) is 0 Å². The van der Waals surface area contributed by atoms with Crippen LogP contribution in [0.3, 0.4) is 0 Å². The Morgan fingerprint density at radius 1 is 0.419 bits per heavy atom. The number of alkyl halides is 2. The number of halogens is 12. The first-order chi connectivity index (χ1) is 60.5. The van der Waals surface area contributed by atoms with Crippen LogP contribution in [0, 0.1) is 75.7 Å². The summed E-state index contributed by atoms with van der Waals surface area (Å²) in [5, 5.41) is 8.19. The molecule has 8 aromatic rings. The minimum absolute atomic E-state index is 0.0478.